The smallest absolute Gasteiger partial charge is 0.323 e. The van der Waals surface area contributed by atoms with Crippen LogP contribution in [0.5, 0.6) is 0 Å². The number of fused-ring (bicyclic) bond motifs is 1. The Balaban J connectivity index is 1.69. The maximum Gasteiger partial charge on any atom is 0.323 e. The van der Waals surface area contributed by atoms with Crippen molar-refractivity contribution in [1.29, 1.82) is 0 Å². The monoisotopic (exact) mass is 537 g/mol. The van der Waals surface area contributed by atoms with Gasteiger partial charge in [0.1, 0.15) is 21.5 Å². The van der Waals surface area contributed by atoms with Gasteiger partial charge in [-0.05, 0) is 55.3 Å². The number of carbonyl (C=O) groups is 1. The highest BCUT2D eigenvalue weighted by Crippen LogP contribution is 2.29. The summed E-state index contributed by atoms with van der Waals surface area (Å²) < 4.78 is 39.2. The number of urea groups is 1. The molecule has 0 aliphatic heterocycles. The Morgan fingerprint density at radius 1 is 1.05 bits per heavy atom. The zero-order chi connectivity index (χ0) is 27.4. The Labute approximate surface area is 219 Å². The van der Waals surface area contributed by atoms with E-state index in [0.29, 0.717) is 45.6 Å². The number of halogens is 1. The number of hydrogen-bond donors (Lipinski definition) is 3. The van der Waals surface area contributed by atoms with Crippen LogP contribution in [0.3, 0.4) is 0 Å². The minimum Gasteiger partial charge on any atom is -0.369 e. The van der Waals surface area contributed by atoms with E-state index in [1.54, 1.807) is 54.1 Å². The standard InChI is InChI=1S/C27H28FN5O4S/c1-4-33-24-15-25(29-10-11-38(3,36)37)30-16-18(24)13-21(26(33)34)20-14-23(22(28)12-17(20)2)32-27(35)31-19-8-6-5-7-9-19/h5-9,12-16H,4,10-11H2,1-3H3,(H,29,30)(H2,31,32,35). The van der Waals surface area contributed by atoms with Crippen LogP contribution in [-0.2, 0) is 16.4 Å². The van der Waals surface area contributed by atoms with Gasteiger partial charge < -0.3 is 20.5 Å². The number of anilines is 3. The van der Waals surface area contributed by atoms with Crippen LogP contribution in [0.1, 0.15) is 12.5 Å². The van der Waals surface area contributed by atoms with Crippen LogP contribution in [0.2, 0.25) is 0 Å². The summed E-state index contributed by atoms with van der Waals surface area (Å²) in [6.45, 7) is 4.08. The SMILES string of the molecule is CCn1c(=O)c(-c2cc(NC(=O)Nc3ccccc3)c(F)cc2C)cc2cnc(NCCS(C)(=O)=O)cc21. The maximum atomic E-state index is 14.8. The second-order valence-electron chi connectivity index (χ2n) is 8.88. The molecule has 0 atom stereocenters. The Kier molecular flexibility index (Phi) is 7.77. The van der Waals surface area contributed by atoms with E-state index in [1.807, 2.05) is 13.0 Å². The van der Waals surface area contributed by atoms with Crippen molar-refractivity contribution in [3.63, 3.8) is 0 Å². The molecule has 4 aromatic rings. The summed E-state index contributed by atoms with van der Waals surface area (Å²) >= 11 is 0. The normalized spacial score (nSPS) is 11.4. The number of aryl methyl sites for hydroxylation is 2. The number of aromatic nitrogens is 2. The molecule has 0 spiro atoms. The second-order valence-corrected chi connectivity index (χ2v) is 11.1. The van der Waals surface area contributed by atoms with Crippen molar-refractivity contribution in [3.8, 4) is 11.1 Å². The summed E-state index contributed by atoms with van der Waals surface area (Å²) in [5.41, 5.74) is 2.17. The van der Waals surface area contributed by atoms with Crippen LogP contribution in [0.25, 0.3) is 22.0 Å². The van der Waals surface area contributed by atoms with Gasteiger partial charge in [0.15, 0.2) is 0 Å². The van der Waals surface area contributed by atoms with Gasteiger partial charge in [0.05, 0.1) is 17.0 Å². The van der Waals surface area contributed by atoms with Crippen LogP contribution in [-0.4, -0.2) is 42.6 Å². The number of nitrogens with zero attached hydrogens (tertiary/aromatic N) is 2. The number of sulfone groups is 1. The lowest BCUT2D eigenvalue weighted by atomic mass is 9.99. The predicted molar refractivity (Wildman–Crippen MR) is 149 cm³/mol. The van der Waals surface area contributed by atoms with Crippen molar-refractivity contribution in [3.05, 3.63) is 82.5 Å². The maximum absolute atomic E-state index is 14.8. The number of benzene rings is 2. The highest BCUT2D eigenvalue weighted by atomic mass is 32.2. The van der Waals surface area contributed by atoms with Gasteiger partial charge in [0.2, 0.25) is 0 Å². The molecule has 2 aromatic carbocycles. The van der Waals surface area contributed by atoms with Crippen molar-refractivity contribution >= 4 is 44.0 Å². The van der Waals surface area contributed by atoms with Crippen molar-refractivity contribution in [2.45, 2.75) is 20.4 Å². The van der Waals surface area contributed by atoms with E-state index in [0.717, 1.165) is 6.26 Å². The third-order valence-corrected chi connectivity index (χ3v) is 6.90. The first kappa shape index (κ1) is 26.8. The van der Waals surface area contributed by atoms with Crippen molar-refractivity contribution in [2.24, 2.45) is 0 Å². The minimum atomic E-state index is -3.13. The summed E-state index contributed by atoms with van der Waals surface area (Å²) in [5, 5.41) is 8.82. The number of carbonyl (C=O) groups excluding carboxylic acids is 1. The first-order chi connectivity index (χ1) is 18.1. The molecular formula is C27H28FN5O4S. The summed E-state index contributed by atoms with van der Waals surface area (Å²) in [7, 11) is -3.13. The molecule has 2 amide bonds. The van der Waals surface area contributed by atoms with Gasteiger partial charge in [-0.15, -0.1) is 0 Å². The van der Waals surface area contributed by atoms with E-state index < -0.39 is 21.7 Å². The van der Waals surface area contributed by atoms with E-state index in [9.17, 15) is 22.4 Å². The summed E-state index contributed by atoms with van der Waals surface area (Å²) in [6.07, 6.45) is 2.76. The van der Waals surface area contributed by atoms with Crippen LogP contribution >= 0.6 is 0 Å². The highest BCUT2D eigenvalue weighted by Gasteiger charge is 2.17. The topological polar surface area (TPSA) is 122 Å². The minimum absolute atomic E-state index is 0.0458. The molecule has 0 unspecified atom stereocenters. The molecule has 2 aromatic heterocycles. The van der Waals surface area contributed by atoms with Crippen molar-refractivity contribution in [1.82, 2.24) is 9.55 Å². The predicted octanol–water partition coefficient (Wildman–Crippen LogP) is 4.63. The largest absolute Gasteiger partial charge is 0.369 e. The molecule has 0 fully saturated rings. The molecular weight excluding hydrogens is 509 g/mol. The van der Waals surface area contributed by atoms with Gasteiger partial charge in [-0.25, -0.2) is 22.6 Å². The summed E-state index contributed by atoms with van der Waals surface area (Å²) in [4.78, 5) is 30.4. The second kappa shape index (κ2) is 11.0. The number of amides is 2. The quantitative estimate of drug-likeness (QED) is 0.301. The fourth-order valence-electron chi connectivity index (χ4n) is 4.11. The lowest BCUT2D eigenvalue weighted by molar-refractivity contribution is 0.262. The molecule has 9 nitrogen and oxygen atoms in total. The van der Waals surface area contributed by atoms with Gasteiger partial charge in [-0.3, -0.25) is 4.79 Å². The van der Waals surface area contributed by atoms with Crippen molar-refractivity contribution in [2.75, 3.05) is 34.5 Å². The Bertz CT molecular complexity index is 1670. The molecule has 0 saturated carbocycles. The van der Waals surface area contributed by atoms with E-state index in [1.165, 1.54) is 12.1 Å². The van der Waals surface area contributed by atoms with Crippen molar-refractivity contribution < 1.29 is 17.6 Å². The molecule has 3 N–H and O–H groups in total. The van der Waals surface area contributed by atoms with E-state index in [4.69, 9.17) is 0 Å². The van der Waals surface area contributed by atoms with Crippen LogP contribution in [0.15, 0.2) is 65.6 Å². The third kappa shape index (κ3) is 6.17. The average molecular weight is 538 g/mol. The summed E-state index contributed by atoms with van der Waals surface area (Å²) in [6, 6.07) is 14.3. The Hall–Kier alpha value is -4.25. The molecule has 198 valence electrons. The van der Waals surface area contributed by atoms with Gasteiger partial charge in [0, 0.05) is 48.2 Å². The average Bonchev–Trinajstić information content (AvgIpc) is 2.85. The third-order valence-electron chi connectivity index (χ3n) is 5.96. The first-order valence-electron chi connectivity index (χ1n) is 11.9. The first-order valence-corrected chi connectivity index (χ1v) is 14.0. The fourth-order valence-corrected chi connectivity index (χ4v) is 4.58. The van der Waals surface area contributed by atoms with Gasteiger partial charge >= 0.3 is 6.03 Å². The number of rotatable bonds is 8. The number of nitrogens with one attached hydrogen (secondary N) is 3. The molecule has 38 heavy (non-hydrogen) atoms. The Morgan fingerprint density at radius 2 is 1.79 bits per heavy atom. The fraction of sp³-hybridized carbons (Fsp3) is 0.222. The van der Waals surface area contributed by atoms with Crippen LogP contribution in [0, 0.1) is 12.7 Å². The lowest BCUT2D eigenvalue weighted by Crippen LogP contribution is -2.23. The van der Waals surface area contributed by atoms with E-state index in [2.05, 4.69) is 20.9 Å². The zero-order valence-corrected chi connectivity index (χ0v) is 22.0. The molecule has 2 heterocycles. The van der Waals surface area contributed by atoms with Gasteiger partial charge in [-0.1, -0.05) is 18.2 Å². The molecule has 4 rings (SSSR count). The number of pyridine rings is 2. The van der Waals surface area contributed by atoms with Crippen LogP contribution in [0.4, 0.5) is 26.4 Å². The molecule has 11 heteroatoms. The molecule has 0 saturated heterocycles. The number of hydrogen-bond acceptors (Lipinski definition) is 6. The van der Waals surface area contributed by atoms with E-state index in [-0.39, 0.29) is 23.5 Å². The molecule has 0 aliphatic rings. The van der Waals surface area contributed by atoms with E-state index >= 15 is 0 Å². The summed E-state index contributed by atoms with van der Waals surface area (Å²) in [5.74, 6) is -0.225. The molecule has 0 aliphatic carbocycles. The molecule has 0 bridgehead atoms. The lowest BCUT2D eigenvalue weighted by Gasteiger charge is -2.16. The van der Waals surface area contributed by atoms with Crippen LogP contribution < -0.4 is 21.5 Å². The zero-order valence-electron chi connectivity index (χ0n) is 21.2. The number of para-hydroxylation sites is 1. The Morgan fingerprint density at radius 3 is 2.47 bits per heavy atom. The molecule has 0 radical (unpaired) electrons. The highest BCUT2D eigenvalue weighted by molar-refractivity contribution is 7.90. The van der Waals surface area contributed by atoms with Gasteiger partial charge in [0.25, 0.3) is 5.56 Å². The van der Waals surface area contributed by atoms with Gasteiger partial charge in [-0.2, -0.15) is 0 Å².